The first-order valence-corrected chi connectivity index (χ1v) is 11.4. The van der Waals surface area contributed by atoms with Gasteiger partial charge in [0.2, 0.25) is 0 Å². The molecule has 2 aromatic carbocycles. The van der Waals surface area contributed by atoms with Crippen molar-refractivity contribution in [2.24, 2.45) is 0 Å². The minimum atomic E-state index is -4.74. The van der Waals surface area contributed by atoms with E-state index >= 15 is 0 Å². The van der Waals surface area contributed by atoms with Crippen molar-refractivity contribution in [2.45, 2.75) is 50.1 Å². The van der Waals surface area contributed by atoms with Crippen molar-refractivity contribution >= 4 is 17.7 Å². The molecule has 3 aromatic rings. The summed E-state index contributed by atoms with van der Waals surface area (Å²) < 4.78 is 48.2. The van der Waals surface area contributed by atoms with Crippen LogP contribution in [0.2, 0.25) is 0 Å². The van der Waals surface area contributed by atoms with Gasteiger partial charge in [-0.3, -0.25) is 0 Å². The molecule has 1 aromatic heterocycles. The maximum Gasteiger partial charge on any atom is 0.573 e. The fraction of sp³-hybridized carbons (Fsp3) is 0.333. The van der Waals surface area contributed by atoms with E-state index in [-0.39, 0.29) is 16.9 Å². The van der Waals surface area contributed by atoms with Gasteiger partial charge in [-0.2, -0.15) is 5.10 Å². The van der Waals surface area contributed by atoms with E-state index in [1.807, 2.05) is 39.1 Å². The highest BCUT2D eigenvalue weighted by Crippen LogP contribution is 2.39. The number of aliphatic carboxylic acids is 1. The Morgan fingerprint density at radius 2 is 1.82 bits per heavy atom. The fourth-order valence-electron chi connectivity index (χ4n) is 3.36. The molecule has 0 amide bonds. The van der Waals surface area contributed by atoms with Gasteiger partial charge in [-0.15, -0.1) is 24.9 Å². The second-order valence-corrected chi connectivity index (χ2v) is 9.39. The SMILES string of the molecule is Cc1cc(SC(C)c2cn(-c3ccc(OC(F)(F)F)cc3)nc2C(C)C)ccc1OCC(=O)O. The Hall–Kier alpha value is -3.14. The van der Waals surface area contributed by atoms with Crippen LogP contribution in [0.1, 0.15) is 48.8 Å². The number of alkyl halides is 3. The Bertz CT molecular complexity index is 1140. The van der Waals surface area contributed by atoms with Crippen molar-refractivity contribution in [3.8, 4) is 17.2 Å². The lowest BCUT2D eigenvalue weighted by Gasteiger charge is -2.14. The average molecular weight is 495 g/mol. The lowest BCUT2D eigenvalue weighted by molar-refractivity contribution is -0.274. The first-order chi connectivity index (χ1) is 15.9. The van der Waals surface area contributed by atoms with Crippen molar-refractivity contribution in [1.82, 2.24) is 9.78 Å². The van der Waals surface area contributed by atoms with E-state index in [9.17, 15) is 18.0 Å². The molecule has 34 heavy (non-hydrogen) atoms. The summed E-state index contributed by atoms with van der Waals surface area (Å²) in [5, 5.41) is 13.5. The highest BCUT2D eigenvalue weighted by atomic mass is 32.2. The van der Waals surface area contributed by atoms with Crippen LogP contribution in [0.4, 0.5) is 13.2 Å². The maximum atomic E-state index is 12.4. The molecule has 0 fully saturated rings. The zero-order chi connectivity index (χ0) is 25.0. The second kappa shape index (κ2) is 10.4. The van der Waals surface area contributed by atoms with Crippen molar-refractivity contribution in [3.05, 3.63) is 65.5 Å². The number of carboxylic acid groups (broad SMARTS) is 1. The molecular formula is C24H25F3N2O4S. The van der Waals surface area contributed by atoms with Gasteiger partial charge < -0.3 is 14.6 Å². The van der Waals surface area contributed by atoms with Crippen LogP contribution in [0.15, 0.2) is 53.6 Å². The maximum absolute atomic E-state index is 12.4. The van der Waals surface area contributed by atoms with E-state index in [1.54, 1.807) is 22.5 Å². The van der Waals surface area contributed by atoms with Gasteiger partial charge in [0, 0.05) is 21.9 Å². The van der Waals surface area contributed by atoms with E-state index in [0.29, 0.717) is 11.4 Å². The molecular weight excluding hydrogens is 469 g/mol. The minimum absolute atomic E-state index is 0.0316. The van der Waals surface area contributed by atoms with Gasteiger partial charge in [-0.05, 0) is 67.8 Å². The summed E-state index contributed by atoms with van der Waals surface area (Å²) in [6.07, 6.45) is -2.85. The van der Waals surface area contributed by atoms with E-state index in [1.165, 1.54) is 24.3 Å². The lowest BCUT2D eigenvalue weighted by atomic mass is 10.0. The Morgan fingerprint density at radius 1 is 1.15 bits per heavy atom. The van der Waals surface area contributed by atoms with E-state index in [2.05, 4.69) is 16.8 Å². The van der Waals surface area contributed by atoms with Gasteiger partial charge in [0.05, 0.1) is 11.4 Å². The third kappa shape index (κ3) is 6.69. The molecule has 0 spiro atoms. The van der Waals surface area contributed by atoms with Gasteiger partial charge >= 0.3 is 12.3 Å². The van der Waals surface area contributed by atoms with Gasteiger partial charge in [-0.25, -0.2) is 9.48 Å². The number of ether oxygens (including phenoxy) is 2. The molecule has 0 aliphatic carbocycles. The standard InChI is InChI=1S/C24H25F3N2O4S/c1-14(2)23-20(12-29(28-23)17-5-7-18(8-6-17)33-24(25,26)27)16(4)34-19-9-10-21(15(3)11-19)32-13-22(30)31/h5-12,14,16H,13H2,1-4H3,(H,30,31). The normalized spacial score (nSPS) is 12.6. The largest absolute Gasteiger partial charge is 0.573 e. The van der Waals surface area contributed by atoms with Crippen molar-refractivity contribution in [1.29, 1.82) is 0 Å². The molecule has 0 bridgehead atoms. The molecule has 0 aliphatic heterocycles. The van der Waals surface area contributed by atoms with Crippen LogP contribution in [0, 0.1) is 6.92 Å². The Labute approximate surface area is 199 Å². The molecule has 0 aliphatic rings. The highest BCUT2D eigenvalue weighted by Gasteiger charge is 2.31. The number of halogens is 3. The number of rotatable bonds is 9. The number of carboxylic acids is 1. The minimum Gasteiger partial charge on any atom is -0.482 e. The van der Waals surface area contributed by atoms with Crippen molar-refractivity contribution in [2.75, 3.05) is 6.61 Å². The number of aromatic nitrogens is 2. The molecule has 0 saturated carbocycles. The average Bonchev–Trinajstić information content (AvgIpc) is 3.18. The summed E-state index contributed by atoms with van der Waals surface area (Å²) in [4.78, 5) is 11.7. The zero-order valence-corrected chi connectivity index (χ0v) is 19.9. The van der Waals surface area contributed by atoms with Crippen LogP contribution in [0.3, 0.4) is 0 Å². The molecule has 1 atom stereocenters. The molecule has 1 N–H and O–H groups in total. The smallest absolute Gasteiger partial charge is 0.482 e. The predicted molar refractivity (Wildman–Crippen MR) is 123 cm³/mol. The zero-order valence-electron chi connectivity index (χ0n) is 19.1. The number of hydrogen-bond acceptors (Lipinski definition) is 5. The van der Waals surface area contributed by atoms with Crippen LogP contribution < -0.4 is 9.47 Å². The molecule has 6 nitrogen and oxygen atoms in total. The third-order valence-corrected chi connectivity index (χ3v) is 6.04. The molecule has 0 radical (unpaired) electrons. The predicted octanol–water partition coefficient (Wildman–Crippen LogP) is 6.52. The van der Waals surface area contributed by atoms with Crippen molar-refractivity contribution in [3.63, 3.8) is 0 Å². The van der Waals surface area contributed by atoms with Gasteiger partial charge in [0.1, 0.15) is 11.5 Å². The topological polar surface area (TPSA) is 73.6 Å². The quantitative estimate of drug-likeness (QED) is 0.342. The summed E-state index contributed by atoms with van der Waals surface area (Å²) in [7, 11) is 0. The Balaban J connectivity index is 1.80. The Kier molecular flexibility index (Phi) is 7.81. The van der Waals surface area contributed by atoms with Crippen LogP contribution in [0.5, 0.6) is 11.5 Å². The van der Waals surface area contributed by atoms with Crippen LogP contribution in [-0.2, 0) is 4.79 Å². The van der Waals surface area contributed by atoms with Gasteiger partial charge in [-0.1, -0.05) is 13.8 Å². The van der Waals surface area contributed by atoms with Crippen LogP contribution in [0.25, 0.3) is 5.69 Å². The molecule has 0 saturated heterocycles. The third-order valence-electron chi connectivity index (χ3n) is 4.90. The van der Waals surface area contributed by atoms with Crippen LogP contribution >= 0.6 is 11.8 Å². The monoisotopic (exact) mass is 494 g/mol. The molecule has 182 valence electrons. The first kappa shape index (κ1) is 25.5. The number of thioether (sulfide) groups is 1. The van der Waals surface area contributed by atoms with Crippen molar-refractivity contribution < 1.29 is 32.5 Å². The molecule has 1 heterocycles. The number of hydrogen-bond donors (Lipinski definition) is 1. The summed E-state index contributed by atoms with van der Waals surface area (Å²) >= 11 is 1.62. The van der Waals surface area contributed by atoms with E-state index < -0.39 is 18.9 Å². The number of nitrogens with zero attached hydrogens (tertiary/aromatic N) is 2. The summed E-state index contributed by atoms with van der Waals surface area (Å²) in [6, 6.07) is 11.1. The molecule has 3 rings (SSSR count). The van der Waals surface area contributed by atoms with E-state index in [0.717, 1.165) is 21.7 Å². The van der Waals surface area contributed by atoms with Crippen LogP contribution in [-0.4, -0.2) is 33.8 Å². The van der Waals surface area contributed by atoms with E-state index in [4.69, 9.17) is 9.84 Å². The number of benzene rings is 2. The first-order valence-electron chi connectivity index (χ1n) is 10.5. The number of aryl methyl sites for hydroxylation is 1. The number of carbonyl (C=O) groups is 1. The fourth-order valence-corrected chi connectivity index (χ4v) is 4.47. The summed E-state index contributed by atoms with van der Waals surface area (Å²) in [5.41, 5.74) is 3.36. The van der Waals surface area contributed by atoms with Gasteiger partial charge in [0.15, 0.2) is 6.61 Å². The summed E-state index contributed by atoms with van der Waals surface area (Å²) in [5.74, 6) is -0.663. The lowest BCUT2D eigenvalue weighted by Crippen LogP contribution is -2.17. The highest BCUT2D eigenvalue weighted by molar-refractivity contribution is 7.99. The molecule has 1 unspecified atom stereocenters. The Morgan fingerprint density at radius 3 is 2.38 bits per heavy atom. The summed E-state index contributed by atoms with van der Waals surface area (Å²) in [6.45, 7) is 7.58. The van der Waals surface area contributed by atoms with Gasteiger partial charge in [0.25, 0.3) is 0 Å². The molecule has 10 heteroatoms. The second-order valence-electron chi connectivity index (χ2n) is 7.98.